The normalized spacial score (nSPS) is 17.0. The first-order valence-electron chi connectivity index (χ1n) is 11.6. The highest BCUT2D eigenvalue weighted by Gasteiger charge is 2.40. The van der Waals surface area contributed by atoms with Gasteiger partial charge in [0.15, 0.2) is 5.78 Å². The molecule has 172 valence electrons. The summed E-state index contributed by atoms with van der Waals surface area (Å²) in [7, 11) is 15.7. The summed E-state index contributed by atoms with van der Waals surface area (Å²) in [4.78, 5) is 13.1. The molecular weight excluding hydrogens is 459 g/mol. The molecule has 0 atom stereocenters. The lowest BCUT2D eigenvalue weighted by Crippen LogP contribution is -2.43. The lowest BCUT2D eigenvalue weighted by atomic mass is 9.79. The molecule has 1 aliphatic rings. The summed E-state index contributed by atoms with van der Waals surface area (Å²) in [6.07, 6.45) is 15.8. The molecule has 1 saturated carbocycles. The first-order valence-corrected chi connectivity index (χ1v) is 15.8. The predicted molar refractivity (Wildman–Crippen MR) is 134 cm³/mol. The molecule has 1 aromatic carbocycles. The molecule has 0 unspecified atom stereocenters. The van der Waals surface area contributed by atoms with Crippen molar-refractivity contribution in [1.29, 1.82) is 0 Å². The number of halogens is 3. The summed E-state index contributed by atoms with van der Waals surface area (Å²) >= 11 is 0. The number of carbonyl (C=O) groups is 1. The van der Waals surface area contributed by atoms with Crippen LogP contribution in [0.1, 0.15) is 100 Å². The van der Waals surface area contributed by atoms with E-state index in [9.17, 15) is 4.79 Å². The third kappa shape index (κ3) is 10.1. The van der Waals surface area contributed by atoms with Gasteiger partial charge in [-0.15, -0.1) is 0 Å². The average Bonchev–Trinajstić information content (AvgIpc) is 2.74. The van der Waals surface area contributed by atoms with Crippen LogP contribution in [-0.2, 0) is 4.74 Å². The summed E-state index contributed by atoms with van der Waals surface area (Å²) in [6, 6.07) is 9.66. The highest BCUT2D eigenvalue weighted by molar-refractivity contribution is 8.79. The number of unbranched alkanes of at least 4 members (excludes halogenated alkanes) is 8. The molecule has 0 aromatic heterocycles. The van der Waals surface area contributed by atoms with Gasteiger partial charge < -0.3 is 4.74 Å². The largest absolute Gasteiger partial charge is 0.367 e. The Kier molecular flexibility index (Phi) is 12.5. The molecule has 0 aliphatic heterocycles. The third-order valence-corrected chi connectivity index (χ3v) is 8.15. The molecule has 2 rings (SSSR count). The van der Waals surface area contributed by atoms with Crippen LogP contribution < -0.4 is 0 Å². The zero-order valence-electron chi connectivity index (χ0n) is 18.1. The highest BCUT2D eigenvalue weighted by atomic mass is 36.2. The first kappa shape index (κ1) is 26.3. The van der Waals surface area contributed by atoms with E-state index < -0.39 is 13.3 Å². The van der Waals surface area contributed by atoms with Crippen molar-refractivity contribution in [3.8, 4) is 0 Å². The van der Waals surface area contributed by atoms with E-state index in [4.69, 9.17) is 36.8 Å². The number of hydrogen-bond acceptors (Lipinski definition) is 2. The lowest BCUT2D eigenvalue weighted by molar-refractivity contribution is -0.0474. The molecule has 0 saturated heterocycles. The molecule has 0 radical (unpaired) electrons. The van der Waals surface area contributed by atoms with Crippen molar-refractivity contribution in [1.82, 2.24) is 0 Å². The second kappa shape index (κ2) is 14.3. The van der Waals surface area contributed by atoms with Gasteiger partial charge in [0.1, 0.15) is 5.60 Å². The standard InChI is InChI=1S/C24H37Cl3O2S/c25-30(26,27)21-15-7-5-3-1-2-4-6-14-20-29-24(18-12-9-13-19-24)23(28)22-16-10-8-11-17-22/h8,10-11,16-17H,1-7,9,12-15,18-21H2. The molecule has 0 bridgehead atoms. The SMILES string of the molecule is O=C(c1ccccc1)C1(OCCCCCCCCCCCS(Cl)(Cl)Cl)CCCCC1. The third-order valence-electron chi connectivity index (χ3n) is 6.01. The monoisotopic (exact) mass is 494 g/mol. The van der Waals surface area contributed by atoms with Gasteiger partial charge in [-0.2, -0.15) is 0 Å². The maximum Gasteiger partial charge on any atom is 0.194 e. The Labute approximate surface area is 198 Å². The molecule has 0 N–H and O–H groups in total. The van der Waals surface area contributed by atoms with E-state index in [1.165, 1.54) is 44.9 Å². The maximum absolute atomic E-state index is 13.1. The smallest absolute Gasteiger partial charge is 0.194 e. The zero-order valence-corrected chi connectivity index (χ0v) is 21.1. The van der Waals surface area contributed by atoms with Crippen LogP contribution in [0.5, 0.6) is 0 Å². The van der Waals surface area contributed by atoms with Crippen molar-refractivity contribution in [3.63, 3.8) is 0 Å². The van der Waals surface area contributed by atoms with Gasteiger partial charge in [0.2, 0.25) is 0 Å². The maximum atomic E-state index is 13.1. The van der Waals surface area contributed by atoms with Gasteiger partial charge in [-0.3, -0.25) is 4.79 Å². The number of rotatable bonds is 15. The van der Waals surface area contributed by atoms with Gasteiger partial charge in [0.05, 0.1) is 0 Å². The van der Waals surface area contributed by atoms with E-state index in [1.807, 2.05) is 30.3 Å². The second-order valence-corrected chi connectivity index (χ2v) is 16.1. The van der Waals surface area contributed by atoms with E-state index in [1.54, 1.807) is 0 Å². The number of carbonyl (C=O) groups excluding carboxylic acids is 1. The Balaban J connectivity index is 1.57. The molecule has 0 amide bonds. The number of ether oxygens (including phenoxy) is 1. The van der Waals surface area contributed by atoms with E-state index >= 15 is 0 Å². The van der Waals surface area contributed by atoms with Gasteiger partial charge in [-0.25, -0.2) is 0 Å². The van der Waals surface area contributed by atoms with E-state index in [0.717, 1.165) is 56.3 Å². The molecule has 1 aliphatic carbocycles. The summed E-state index contributed by atoms with van der Waals surface area (Å²) in [5.41, 5.74) is 0.197. The quantitative estimate of drug-likeness (QED) is 0.179. The minimum Gasteiger partial charge on any atom is -0.367 e. The molecule has 1 aromatic rings. The van der Waals surface area contributed by atoms with Gasteiger partial charge in [0, 0.05) is 17.9 Å². The van der Waals surface area contributed by atoms with E-state index in [-0.39, 0.29) is 5.78 Å². The summed E-state index contributed by atoms with van der Waals surface area (Å²) in [6.45, 7) is 0.692. The summed E-state index contributed by atoms with van der Waals surface area (Å²) in [5.74, 6) is 0.908. The fourth-order valence-electron chi connectivity index (χ4n) is 4.29. The Morgan fingerprint density at radius 1 is 0.800 bits per heavy atom. The van der Waals surface area contributed by atoms with Crippen LogP contribution >= 0.6 is 39.7 Å². The highest BCUT2D eigenvalue weighted by Crippen LogP contribution is 2.63. The van der Waals surface area contributed by atoms with Crippen LogP contribution in [0, 0.1) is 0 Å². The Bertz CT molecular complexity index is 598. The Morgan fingerprint density at radius 2 is 1.33 bits per heavy atom. The van der Waals surface area contributed by atoms with Crippen molar-refractivity contribution in [2.24, 2.45) is 0 Å². The van der Waals surface area contributed by atoms with Crippen LogP contribution in [0.2, 0.25) is 0 Å². The predicted octanol–water partition coefficient (Wildman–Crippen LogP) is 9.37. The topological polar surface area (TPSA) is 26.3 Å². The Hall–Kier alpha value is 0.0700. The van der Waals surface area contributed by atoms with Crippen LogP contribution in [0.25, 0.3) is 0 Å². The van der Waals surface area contributed by atoms with Crippen molar-refractivity contribution >= 4 is 45.5 Å². The van der Waals surface area contributed by atoms with Crippen LogP contribution in [0.3, 0.4) is 0 Å². The summed E-state index contributed by atoms with van der Waals surface area (Å²) < 4.78 is 6.31. The van der Waals surface area contributed by atoms with E-state index in [0.29, 0.717) is 6.61 Å². The molecule has 0 spiro atoms. The summed E-state index contributed by atoms with van der Waals surface area (Å²) in [5, 5.41) is 0. The van der Waals surface area contributed by atoms with Gasteiger partial charge in [-0.05, 0) is 65.4 Å². The molecular formula is C24H37Cl3O2S. The second-order valence-electron chi connectivity index (χ2n) is 8.49. The molecule has 30 heavy (non-hydrogen) atoms. The zero-order chi connectivity index (χ0) is 21.7. The van der Waals surface area contributed by atoms with Crippen molar-refractivity contribution in [2.45, 2.75) is 95.5 Å². The number of ketones is 1. The molecule has 0 heterocycles. The fourth-order valence-corrected chi connectivity index (χ4v) is 5.80. The van der Waals surface area contributed by atoms with Crippen LogP contribution in [0.4, 0.5) is 0 Å². The molecule has 2 nitrogen and oxygen atoms in total. The van der Waals surface area contributed by atoms with E-state index in [2.05, 4.69) is 0 Å². The number of Topliss-reactive ketones (excluding diaryl/α,β-unsaturated/α-hetero) is 1. The molecule has 6 heteroatoms. The fraction of sp³-hybridized carbons (Fsp3) is 0.708. The number of hydrogen-bond donors (Lipinski definition) is 0. The molecule has 1 fully saturated rings. The van der Waals surface area contributed by atoms with Crippen LogP contribution in [0.15, 0.2) is 30.3 Å². The minimum absolute atomic E-state index is 0.180. The Morgan fingerprint density at radius 3 is 1.90 bits per heavy atom. The lowest BCUT2D eigenvalue weighted by Gasteiger charge is -2.36. The van der Waals surface area contributed by atoms with Crippen molar-refractivity contribution in [2.75, 3.05) is 12.4 Å². The van der Waals surface area contributed by atoms with Gasteiger partial charge >= 0.3 is 0 Å². The minimum atomic E-state index is -1.88. The van der Waals surface area contributed by atoms with Crippen LogP contribution in [-0.4, -0.2) is 23.7 Å². The van der Waals surface area contributed by atoms with Gasteiger partial charge in [0.25, 0.3) is 0 Å². The number of benzene rings is 1. The van der Waals surface area contributed by atoms with Crippen molar-refractivity contribution < 1.29 is 9.53 Å². The van der Waals surface area contributed by atoms with Gasteiger partial charge in [-0.1, -0.05) is 94.5 Å². The van der Waals surface area contributed by atoms with Crippen molar-refractivity contribution in [3.05, 3.63) is 35.9 Å². The first-order chi connectivity index (χ1) is 14.4. The average molecular weight is 496 g/mol.